The molecule has 2 saturated carbocycles. The third-order valence-corrected chi connectivity index (χ3v) is 8.41. The molecule has 0 amide bonds. The average molecular weight is 426 g/mol. The lowest BCUT2D eigenvalue weighted by molar-refractivity contribution is 0.140. The fourth-order valence-electron chi connectivity index (χ4n) is 6.29. The molecule has 0 atom stereocenters. The van der Waals surface area contributed by atoms with Crippen LogP contribution in [0.15, 0.2) is 18.2 Å². The summed E-state index contributed by atoms with van der Waals surface area (Å²) in [5.74, 6) is 3.43. The SMILES string of the molecule is CCCCCCCC[C@H]1CC[C@H](C2CCC(CCc3ccc(C#N)c(F)c3)CC2)CC1. The molecule has 1 nitrogen and oxygen atoms in total. The third-order valence-electron chi connectivity index (χ3n) is 8.41. The monoisotopic (exact) mass is 425 g/mol. The first-order valence-electron chi connectivity index (χ1n) is 13.4. The number of benzene rings is 1. The second-order valence-corrected chi connectivity index (χ2v) is 10.6. The summed E-state index contributed by atoms with van der Waals surface area (Å²) < 4.78 is 13.8. The van der Waals surface area contributed by atoms with Crippen molar-refractivity contribution in [3.05, 3.63) is 35.1 Å². The summed E-state index contributed by atoms with van der Waals surface area (Å²) in [5, 5.41) is 8.87. The van der Waals surface area contributed by atoms with E-state index in [1.807, 2.05) is 12.1 Å². The van der Waals surface area contributed by atoms with Crippen LogP contribution in [0, 0.1) is 40.8 Å². The maximum absolute atomic E-state index is 13.8. The molecule has 2 aliphatic rings. The predicted molar refractivity (Wildman–Crippen MR) is 128 cm³/mol. The molecule has 0 saturated heterocycles. The van der Waals surface area contributed by atoms with Crippen LogP contribution in [-0.4, -0.2) is 0 Å². The van der Waals surface area contributed by atoms with Gasteiger partial charge in [-0.05, 0) is 79.9 Å². The fraction of sp³-hybridized carbons (Fsp3) is 0.759. The summed E-state index contributed by atoms with van der Waals surface area (Å²) in [6.07, 6.45) is 23.7. The fourth-order valence-corrected chi connectivity index (χ4v) is 6.29. The molecule has 0 N–H and O–H groups in total. The van der Waals surface area contributed by atoms with E-state index in [0.717, 1.165) is 35.7 Å². The Balaban J connectivity index is 1.28. The number of nitrogens with zero attached hydrogens (tertiary/aromatic N) is 1. The van der Waals surface area contributed by atoms with Gasteiger partial charge in [0.05, 0.1) is 5.56 Å². The summed E-state index contributed by atoms with van der Waals surface area (Å²) >= 11 is 0. The van der Waals surface area contributed by atoms with Crippen molar-refractivity contribution in [2.75, 3.05) is 0 Å². The summed E-state index contributed by atoms with van der Waals surface area (Å²) in [5.41, 5.74) is 1.20. The van der Waals surface area contributed by atoms with Gasteiger partial charge in [0.1, 0.15) is 11.9 Å². The highest BCUT2D eigenvalue weighted by Crippen LogP contribution is 2.43. The first-order valence-corrected chi connectivity index (χ1v) is 13.4. The van der Waals surface area contributed by atoms with E-state index in [1.54, 1.807) is 12.1 Å². The van der Waals surface area contributed by atoms with Gasteiger partial charge in [-0.3, -0.25) is 0 Å². The highest BCUT2D eigenvalue weighted by molar-refractivity contribution is 5.33. The van der Waals surface area contributed by atoms with Crippen LogP contribution in [0.4, 0.5) is 4.39 Å². The zero-order valence-corrected chi connectivity index (χ0v) is 19.9. The van der Waals surface area contributed by atoms with E-state index in [1.165, 1.54) is 103 Å². The molecule has 0 aromatic heterocycles. The number of unbranched alkanes of at least 4 members (excludes halogenated alkanes) is 5. The minimum Gasteiger partial charge on any atom is -0.206 e. The Morgan fingerprint density at radius 1 is 0.806 bits per heavy atom. The van der Waals surface area contributed by atoms with Gasteiger partial charge in [-0.2, -0.15) is 5.26 Å². The zero-order chi connectivity index (χ0) is 21.9. The van der Waals surface area contributed by atoms with E-state index in [9.17, 15) is 4.39 Å². The Morgan fingerprint density at radius 3 is 1.97 bits per heavy atom. The van der Waals surface area contributed by atoms with Gasteiger partial charge in [-0.25, -0.2) is 4.39 Å². The number of hydrogen-bond acceptors (Lipinski definition) is 1. The van der Waals surface area contributed by atoms with Crippen molar-refractivity contribution in [2.45, 2.75) is 116 Å². The van der Waals surface area contributed by atoms with Gasteiger partial charge in [0.25, 0.3) is 0 Å². The van der Waals surface area contributed by atoms with Crippen molar-refractivity contribution in [1.29, 1.82) is 5.26 Å². The van der Waals surface area contributed by atoms with Gasteiger partial charge in [0, 0.05) is 0 Å². The molecule has 172 valence electrons. The molecule has 2 heteroatoms. The molecule has 0 radical (unpaired) electrons. The summed E-state index contributed by atoms with van der Waals surface area (Å²) in [4.78, 5) is 0. The summed E-state index contributed by atoms with van der Waals surface area (Å²) in [6, 6.07) is 7.03. The topological polar surface area (TPSA) is 23.8 Å². The number of aryl methyl sites for hydroxylation is 1. The van der Waals surface area contributed by atoms with E-state index in [4.69, 9.17) is 5.26 Å². The molecule has 2 aliphatic carbocycles. The third kappa shape index (κ3) is 7.93. The molecule has 1 aromatic rings. The lowest BCUT2D eigenvalue weighted by Crippen LogP contribution is -2.26. The van der Waals surface area contributed by atoms with Gasteiger partial charge in [0.15, 0.2) is 0 Å². The van der Waals surface area contributed by atoms with Crippen molar-refractivity contribution >= 4 is 0 Å². The molecule has 0 spiro atoms. The van der Waals surface area contributed by atoms with E-state index >= 15 is 0 Å². The van der Waals surface area contributed by atoms with Crippen LogP contribution in [0.5, 0.6) is 0 Å². The number of nitriles is 1. The molecule has 0 aliphatic heterocycles. The Morgan fingerprint density at radius 2 is 1.39 bits per heavy atom. The predicted octanol–water partition coefficient (Wildman–Crippen LogP) is 8.99. The molecule has 2 fully saturated rings. The van der Waals surface area contributed by atoms with Gasteiger partial charge < -0.3 is 0 Å². The quantitative estimate of drug-likeness (QED) is 0.324. The van der Waals surface area contributed by atoms with Crippen LogP contribution in [0.2, 0.25) is 0 Å². The molecule has 0 heterocycles. The lowest BCUT2D eigenvalue weighted by Gasteiger charge is -2.38. The molecule has 0 bridgehead atoms. The Bertz CT molecular complexity index is 674. The normalized spacial score (nSPS) is 26.5. The Labute approximate surface area is 190 Å². The van der Waals surface area contributed by atoms with Crippen molar-refractivity contribution in [3.8, 4) is 6.07 Å². The van der Waals surface area contributed by atoms with E-state index in [0.29, 0.717) is 0 Å². The van der Waals surface area contributed by atoms with Crippen LogP contribution >= 0.6 is 0 Å². The first-order chi connectivity index (χ1) is 15.2. The van der Waals surface area contributed by atoms with Crippen LogP contribution in [-0.2, 0) is 6.42 Å². The second kappa shape index (κ2) is 13.2. The van der Waals surface area contributed by atoms with Crippen molar-refractivity contribution in [3.63, 3.8) is 0 Å². The highest BCUT2D eigenvalue weighted by Gasteiger charge is 2.30. The second-order valence-electron chi connectivity index (χ2n) is 10.6. The number of hydrogen-bond donors (Lipinski definition) is 0. The molecular weight excluding hydrogens is 381 g/mol. The van der Waals surface area contributed by atoms with E-state index in [-0.39, 0.29) is 11.4 Å². The van der Waals surface area contributed by atoms with Crippen LogP contribution in [0.25, 0.3) is 0 Å². The Hall–Kier alpha value is -1.36. The van der Waals surface area contributed by atoms with Gasteiger partial charge in [0.2, 0.25) is 0 Å². The minimum atomic E-state index is -0.365. The van der Waals surface area contributed by atoms with Crippen LogP contribution in [0.1, 0.15) is 121 Å². The smallest absolute Gasteiger partial charge is 0.141 e. The van der Waals surface area contributed by atoms with Crippen LogP contribution < -0.4 is 0 Å². The summed E-state index contributed by atoms with van der Waals surface area (Å²) in [6.45, 7) is 2.30. The highest BCUT2D eigenvalue weighted by atomic mass is 19.1. The molecule has 0 unspecified atom stereocenters. The van der Waals surface area contributed by atoms with Gasteiger partial charge >= 0.3 is 0 Å². The lowest BCUT2D eigenvalue weighted by atomic mass is 9.68. The van der Waals surface area contributed by atoms with Crippen molar-refractivity contribution in [1.82, 2.24) is 0 Å². The van der Waals surface area contributed by atoms with E-state index < -0.39 is 0 Å². The summed E-state index contributed by atoms with van der Waals surface area (Å²) in [7, 11) is 0. The molecule has 31 heavy (non-hydrogen) atoms. The van der Waals surface area contributed by atoms with Crippen molar-refractivity contribution < 1.29 is 4.39 Å². The Kier molecular flexibility index (Phi) is 10.4. The number of rotatable bonds is 11. The van der Waals surface area contributed by atoms with Crippen LogP contribution in [0.3, 0.4) is 0 Å². The molecular formula is C29H44FN. The van der Waals surface area contributed by atoms with Gasteiger partial charge in [-0.1, -0.05) is 83.6 Å². The zero-order valence-electron chi connectivity index (χ0n) is 19.9. The minimum absolute atomic E-state index is 0.158. The standard InChI is InChI=1S/C29H44FN/c1-2-3-4-5-6-7-8-23-11-16-26(17-12-23)27-18-13-24(14-19-27)9-10-25-15-20-28(22-31)29(30)21-25/h15,20-21,23-24,26-27H,2-14,16-19H2,1H3/t23-,24?,26-,27?. The molecule has 3 rings (SSSR count). The van der Waals surface area contributed by atoms with Gasteiger partial charge in [-0.15, -0.1) is 0 Å². The maximum Gasteiger partial charge on any atom is 0.141 e. The maximum atomic E-state index is 13.8. The largest absolute Gasteiger partial charge is 0.206 e. The average Bonchev–Trinajstić information content (AvgIpc) is 2.81. The van der Waals surface area contributed by atoms with E-state index in [2.05, 4.69) is 6.92 Å². The molecule has 1 aromatic carbocycles. The number of halogens is 1. The van der Waals surface area contributed by atoms with Crippen molar-refractivity contribution in [2.24, 2.45) is 23.7 Å². The first kappa shape index (κ1) is 24.3.